The fraction of sp³-hybridized carbons (Fsp3) is 0.294. The molecule has 0 aliphatic heterocycles. The molecule has 1 N–H and O–H groups in total. The van der Waals surface area contributed by atoms with Gasteiger partial charge in [-0.1, -0.05) is 48.0 Å². The first kappa shape index (κ1) is 12.8. The molecule has 0 bridgehead atoms. The van der Waals surface area contributed by atoms with Gasteiger partial charge in [-0.25, -0.2) is 0 Å². The van der Waals surface area contributed by atoms with Crippen LogP contribution in [0.25, 0.3) is 0 Å². The number of aliphatic hydroxyl groups is 1. The summed E-state index contributed by atoms with van der Waals surface area (Å²) in [7, 11) is 0. The molecule has 1 unspecified atom stereocenters. The molecule has 94 valence electrons. The van der Waals surface area contributed by atoms with Crippen LogP contribution in [0, 0.1) is 20.8 Å². The molecule has 1 atom stereocenters. The average Bonchev–Trinajstić information content (AvgIpc) is 2.28. The number of hydrogen-bond donors (Lipinski definition) is 1. The average molecular weight is 240 g/mol. The Bertz CT molecular complexity index is 523. The normalized spacial score (nSPS) is 12.4. The summed E-state index contributed by atoms with van der Waals surface area (Å²) in [6, 6.07) is 14.5. The molecular formula is C17H20O. The maximum Gasteiger partial charge on any atom is 0.0835 e. The van der Waals surface area contributed by atoms with E-state index in [-0.39, 0.29) is 0 Å². The molecule has 18 heavy (non-hydrogen) atoms. The minimum Gasteiger partial charge on any atom is -0.388 e. The molecule has 0 fully saturated rings. The first-order chi connectivity index (χ1) is 8.58. The van der Waals surface area contributed by atoms with Gasteiger partial charge in [0.25, 0.3) is 0 Å². The molecule has 0 radical (unpaired) electrons. The molecule has 0 spiro atoms. The number of aryl methyl sites for hydroxylation is 3. The van der Waals surface area contributed by atoms with Crippen molar-refractivity contribution in [2.24, 2.45) is 0 Å². The summed E-state index contributed by atoms with van der Waals surface area (Å²) in [6.07, 6.45) is 0.251. The van der Waals surface area contributed by atoms with Crippen molar-refractivity contribution in [3.63, 3.8) is 0 Å². The molecule has 0 aromatic heterocycles. The number of aliphatic hydroxyl groups excluding tert-OH is 1. The lowest BCUT2D eigenvalue weighted by Gasteiger charge is -2.16. The second kappa shape index (κ2) is 5.36. The van der Waals surface area contributed by atoms with E-state index in [1.807, 2.05) is 12.1 Å². The van der Waals surface area contributed by atoms with Crippen LogP contribution in [0.5, 0.6) is 0 Å². The topological polar surface area (TPSA) is 20.2 Å². The molecule has 2 aromatic rings. The molecular weight excluding hydrogens is 220 g/mol. The fourth-order valence-corrected chi connectivity index (χ4v) is 2.52. The smallest absolute Gasteiger partial charge is 0.0835 e. The Hall–Kier alpha value is -1.60. The lowest BCUT2D eigenvalue weighted by atomic mass is 9.93. The van der Waals surface area contributed by atoms with Crippen LogP contribution in [-0.4, -0.2) is 5.11 Å². The molecule has 0 aliphatic carbocycles. The zero-order chi connectivity index (χ0) is 13.1. The Morgan fingerprint density at radius 2 is 1.56 bits per heavy atom. The summed E-state index contributed by atoms with van der Waals surface area (Å²) in [6.45, 7) is 6.19. The number of benzene rings is 2. The van der Waals surface area contributed by atoms with E-state index in [2.05, 4.69) is 51.1 Å². The van der Waals surface area contributed by atoms with Gasteiger partial charge in [0, 0.05) is 6.42 Å². The Morgan fingerprint density at radius 3 is 2.17 bits per heavy atom. The van der Waals surface area contributed by atoms with Gasteiger partial charge in [-0.2, -0.15) is 0 Å². The third-order valence-corrected chi connectivity index (χ3v) is 3.39. The van der Waals surface area contributed by atoms with Gasteiger partial charge in [0.1, 0.15) is 0 Å². The van der Waals surface area contributed by atoms with Crippen molar-refractivity contribution in [3.05, 3.63) is 70.3 Å². The lowest BCUT2D eigenvalue weighted by Crippen LogP contribution is -2.06. The Balaban J connectivity index is 2.25. The van der Waals surface area contributed by atoms with Crippen LogP contribution >= 0.6 is 0 Å². The summed E-state index contributed by atoms with van der Waals surface area (Å²) in [4.78, 5) is 0. The Labute approximate surface area is 109 Å². The van der Waals surface area contributed by atoms with Gasteiger partial charge in [-0.15, -0.1) is 0 Å². The van der Waals surface area contributed by atoms with Gasteiger partial charge in [-0.3, -0.25) is 0 Å². The minimum absolute atomic E-state index is 0.423. The van der Waals surface area contributed by atoms with Crippen molar-refractivity contribution in [1.82, 2.24) is 0 Å². The van der Waals surface area contributed by atoms with Crippen LogP contribution < -0.4 is 0 Å². The standard InChI is InChI=1S/C17H20O/c1-12-6-4-9-15(10-12)11-16(18)17-13(2)7-5-8-14(17)3/h4-10,16,18H,11H2,1-3H3. The van der Waals surface area contributed by atoms with Gasteiger partial charge in [0.05, 0.1) is 6.10 Å². The van der Waals surface area contributed by atoms with E-state index in [0.717, 1.165) is 16.7 Å². The van der Waals surface area contributed by atoms with E-state index in [4.69, 9.17) is 0 Å². The zero-order valence-corrected chi connectivity index (χ0v) is 11.3. The van der Waals surface area contributed by atoms with Crippen molar-refractivity contribution < 1.29 is 5.11 Å². The van der Waals surface area contributed by atoms with Gasteiger partial charge in [0.15, 0.2) is 0 Å². The van der Waals surface area contributed by atoms with E-state index in [9.17, 15) is 5.11 Å². The third-order valence-electron chi connectivity index (χ3n) is 3.39. The highest BCUT2D eigenvalue weighted by Gasteiger charge is 2.13. The summed E-state index contributed by atoms with van der Waals surface area (Å²) in [5.74, 6) is 0. The summed E-state index contributed by atoms with van der Waals surface area (Å²) < 4.78 is 0. The van der Waals surface area contributed by atoms with Crippen LogP contribution in [0.4, 0.5) is 0 Å². The van der Waals surface area contributed by atoms with E-state index in [0.29, 0.717) is 6.42 Å². The third kappa shape index (κ3) is 2.80. The molecule has 0 saturated heterocycles. The summed E-state index contributed by atoms with van der Waals surface area (Å²) >= 11 is 0. The number of hydrogen-bond acceptors (Lipinski definition) is 1. The molecule has 0 aliphatic rings. The van der Waals surface area contributed by atoms with Crippen LogP contribution in [0.15, 0.2) is 42.5 Å². The second-order valence-corrected chi connectivity index (χ2v) is 5.01. The van der Waals surface area contributed by atoms with Gasteiger partial charge < -0.3 is 5.11 Å². The van der Waals surface area contributed by atoms with E-state index >= 15 is 0 Å². The molecule has 1 heteroatoms. The predicted octanol–water partition coefficient (Wildman–Crippen LogP) is 3.89. The van der Waals surface area contributed by atoms with Crippen molar-refractivity contribution in [3.8, 4) is 0 Å². The minimum atomic E-state index is -0.423. The van der Waals surface area contributed by atoms with Gasteiger partial charge >= 0.3 is 0 Å². The molecule has 2 aromatic carbocycles. The second-order valence-electron chi connectivity index (χ2n) is 5.01. The largest absolute Gasteiger partial charge is 0.388 e. The quantitative estimate of drug-likeness (QED) is 0.863. The van der Waals surface area contributed by atoms with Crippen LogP contribution in [0.3, 0.4) is 0 Å². The first-order valence-electron chi connectivity index (χ1n) is 6.37. The maximum atomic E-state index is 10.4. The Morgan fingerprint density at radius 1 is 0.944 bits per heavy atom. The Kier molecular flexibility index (Phi) is 3.83. The SMILES string of the molecule is Cc1cccc(CC(O)c2c(C)cccc2C)c1. The molecule has 0 heterocycles. The van der Waals surface area contributed by atoms with Gasteiger partial charge in [-0.05, 0) is 43.0 Å². The predicted molar refractivity (Wildman–Crippen MR) is 75.8 cm³/mol. The van der Waals surface area contributed by atoms with Crippen LogP contribution in [-0.2, 0) is 6.42 Å². The molecule has 0 amide bonds. The zero-order valence-electron chi connectivity index (χ0n) is 11.3. The monoisotopic (exact) mass is 240 g/mol. The van der Waals surface area contributed by atoms with Crippen LogP contribution in [0.2, 0.25) is 0 Å². The summed E-state index contributed by atoms with van der Waals surface area (Å²) in [5, 5.41) is 10.4. The highest BCUT2D eigenvalue weighted by atomic mass is 16.3. The first-order valence-corrected chi connectivity index (χ1v) is 6.37. The maximum absolute atomic E-state index is 10.4. The fourth-order valence-electron chi connectivity index (χ4n) is 2.52. The molecule has 2 rings (SSSR count). The number of rotatable bonds is 3. The molecule has 0 saturated carbocycles. The van der Waals surface area contributed by atoms with E-state index in [1.54, 1.807) is 0 Å². The highest BCUT2D eigenvalue weighted by molar-refractivity contribution is 5.36. The van der Waals surface area contributed by atoms with Crippen LogP contribution in [0.1, 0.15) is 33.9 Å². The summed E-state index contributed by atoms with van der Waals surface area (Å²) in [5.41, 5.74) is 5.82. The van der Waals surface area contributed by atoms with Gasteiger partial charge in [0.2, 0.25) is 0 Å². The highest BCUT2D eigenvalue weighted by Crippen LogP contribution is 2.25. The lowest BCUT2D eigenvalue weighted by molar-refractivity contribution is 0.177. The van der Waals surface area contributed by atoms with E-state index < -0.39 is 6.10 Å². The van der Waals surface area contributed by atoms with E-state index in [1.165, 1.54) is 11.1 Å². The van der Waals surface area contributed by atoms with Crippen molar-refractivity contribution in [2.45, 2.75) is 33.3 Å². The van der Waals surface area contributed by atoms with Crippen molar-refractivity contribution in [2.75, 3.05) is 0 Å². The molecule has 1 nitrogen and oxygen atoms in total. The van der Waals surface area contributed by atoms with Crippen molar-refractivity contribution in [1.29, 1.82) is 0 Å². The van der Waals surface area contributed by atoms with Crippen molar-refractivity contribution >= 4 is 0 Å².